The lowest BCUT2D eigenvalue weighted by Crippen LogP contribution is -2.20. The molecule has 0 aliphatic rings. The number of amides is 2. The molecule has 0 aliphatic heterocycles. The van der Waals surface area contributed by atoms with E-state index < -0.39 is 17.7 Å². The van der Waals surface area contributed by atoms with Gasteiger partial charge in [0.1, 0.15) is 17.5 Å². The fraction of sp³-hybridized carbons (Fsp3) is 0.0588. The van der Waals surface area contributed by atoms with Gasteiger partial charge in [0, 0.05) is 29.8 Å². The molecule has 0 fully saturated rings. The van der Waals surface area contributed by atoms with Crippen LogP contribution in [-0.4, -0.2) is 15.6 Å². The Morgan fingerprint density at radius 3 is 2.46 bits per heavy atom. The number of halogens is 2. The molecule has 2 aromatic carbocycles. The van der Waals surface area contributed by atoms with Crippen molar-refractivity contribution >= 4 is 17.4 Å². The second-order valence-electron chi connectivity index (χ2n) is 5.09. The van der Waals surface area contributed by atoms with E-state index in [0.717, 1.165) is 23.6 Å². The van der Waals surface area contributed by atoms with E-state index in [9.17, 15) is 13.6 Å². The van der Waals surface area contributed by atoms with Crippen LogP contribution in [-0.2, 0) is 0 Å². The van der Waals surface area contributed by atoms with Crippen molar-refractivity contribution in [2.75, 3.05) is 10.6 Å². The Labute approximate surface area is 137 Å². The number of nitrogens with one attached hydrogen (secondary N) is 2. The molecule has 2 N–H and O–H groups in total. The van der Waals surface area contributed by atoms with Crippen molar-refractivity contribution in [3.63, 3.8) is 0 Å². The lowest BCUT2D eigenvalue weighted by atomic mass is 10.2. The summed E-state index contributed by atoms with van der Waals surface area (Å²) < 4.78 is 28.2. The molecule has 0 saturated carbocycles. The molecule has 0 atom stereocenters. The molecule has 2 amide bonds. The van der Waals surface area contributed by atoms with E-state index in [-0.39, 0.29) is 5.69 Å². The molecular formula is C17H14F2N4O. The number of anilines is 2. The Morgan fingerprint density at radius 1 is 1.08 bits per heavy atom. The SMILES string of the molecule is Cc1nccn1-c1ccc(NC(=O)Nc2ccc(F)cc2F)cc1. The van der Waals surface area contributed by atoms with Crippen LogP contribution in [0.3, 0.4) is 0 Å². The molecule has 7 heteroatoms. The summed E-state index contributed by atoms with van der Waals surface area (Å²) in [6.45, 7) is 1.89. The number of imidazole rings is 1. The van der Waals surface area contributed by atoms with Crippen LogP contribution in [0.15, 0.2) is 54.9 Å². The average molecular weight is 328 g/mol. The molecule has 0 radical (unpaired) electrons. The van der Waals surface area contributed by atoms with Crippen molar-refractivity contribution < 1.29 is 13.6 Å². The maximum absolute atomic E-state index is 13.5. The number of aromatic nitrogens is 2. The molecule has 24 heavy (non-hydrogen) atoms. The Bertz CT molecular complexity index is 875. The second kappa shape index (κ2) is 6.49. The maximum Gasteiger partial charge on any atom is 0.323 e. The minimum atomic E-state index is -0.837. The number of hydrogen-bond acceptors (Lipinski definition) is 2. The summed E-state index contributed by atoms with van der Waals surface area (Å²) in [6.07, 6.45) is 3.54. The van der Waals surface area contributed by atoms with Crippen molar-refractivity contribution in [3.8, 4) is 5.69 Å². The highest BCUT2D eigenvalue weighted by atomic mass is 19.1. The number of urea groups is 1. The van der Waals surface area contributed by atoms with Gasteiger partial charge < -0.3 is 15.2 Å². The summed E-state index contributed by atoms with van der Waals surface area (Å²) in [7, 11) is 0. The third-order valence-electron chi connectivity index (χ3n) is 3.41. The summed E-state index contributed by atoms with van der Waals surface area (Å²) >= 11 is 0. The standard InChI is InChI=1S/C17H14F2N4O/c1-11-20-8-9-23(11)14-5-3-13(4-6-14)21-17(24)22-16-7-2-12(18)10-15(16)19/h2-10H,1H3,(H2,21,22,24). The largest absolute Gasteiger partial charge is 0.323 e. The third-order valence-corrected chi connectivity index (χ3v) is 3.41. The minimum absolute atomic E-state index is 0.0976. The van der Waals surface area contributed by atoms with Gasteiger partial charge in [0.2, 0.25) is 0 Å². The fourth-order valence-corrected chi connectivity index (χ4v) is 2.23. The van der Waals surface area contributed by atoms with Gasteiger partial charge >= 0.3 is 6.03 Å². The number of carbonyl (C=O) groups is 1. The Morgan fingerprint density at radius 2 is 1.83 bits per heavy atom. The molecule has 0 unspecified atom stereocenters. The highest BCUT2D eigenvalue weighted by molar-refractivity contribution is 5.99. The van der Waals surface area contributed by atoms with E-state index in [2.05, 4.69) is 15.6 Å². The Hall–Kier alpha value is -3.22. The van der Waals surface area contributed by atoms with Crippen molar-refractivity contribution in [1.82, 2.24) is 9.55 Å². The van der Waals surface area contributed by atoms with Crippen LogP contribution in [0.25, 0.3) is 5.69 Å². The highest BCUT2D eigenvalue weighted by Gasteiger charge is 2.08. The first-order valence-corrected chi connectivity index (χ1v) is 7.16. The summed E-state index contributed by atoms with van der Waals surface area (Å²) in [5.74, 6) is -0.694. The van der Waals surface area contributed by atoms with Crippen molar-refractivity contribution in [1.29, 1.82) is 0 Å². The maximum atomic E-state index is 13.5. The van der Waals surface area contributed by atoms with Gasteiger partial charge in [-0.1, -0.05) is 0 Å². The fourth-order valence-electron chi connectivity index (χ4n) is 2.23. The van der Waals surface area contributed by atoms with Gasteiger partial charge in [-0.25, -0.2) is 18.6 Å². The number of carbonyl (C=O) groups excluding carboxylic acids is 1. The Kier molecular flexibility index (Phi) is 4.24. The molecule has 5 nitrogen and oxygen atoms in total. The molecule has 3 aromatic rings. The number of hydrogen-bond donors (Lipinski definition) is 2. The minimum Gasteiger partial charge on any atom is -0.308 e. The van der Waals surface area contributed by atoms with Crippen LogP contribution < -0.4 is 10.6 Å². The van der Waals surface area contributed by atoms with E-state index in [4.69, 9.17) is 0 Å². The molecule has 1 heterocycles. The summed E-state index contributed by atoms with van der Waals surface area (Å²) in [4.78, 5) is 16.0. The molecule has 0 bridgehead atoms. The smallest absolute Gasteiger partial charge is 0.308 e. The monoisotopic (exact) mass is 328 g/mol. The average Bonchev–Trinajstić information content (AvgIpc) is 2.97. The zero-order valence-electron chi connectivity index (χ0n) is 12.8. The predicted molar refractivity (Wildman–Crippen MR) is 87.3 cm³/mol. The molecule has 122 valence electrons. The quantitative estimate of drug-likeness (QED) is 0.760. The molecule has 1 aromatic heterocycles. The zero-order chi connectivity index (χ0) is 17.1. The van der Waals surface area contributed by atoms with Gasteiger partial charge in [0.05, 0.1) is 5.69 Å². The van der Waals surface area contributed by atoms with E-state index in [1.165, 1.54) is 0 Å². The predicted octanol–water partition coefficient (Wildman–Crippen LogP) is 4.10. The third kappa shape index (κ3) is 3.40. The van der Waals surface area contributed by atoms with Crippen molar-refractivity contribution in [2.24, 2.45) is 0 Å². The summed E-state index contributed by atoms with van der Waals surface area (Å²) in [5.41, 5.74) is 1.34. The van der Waals surface area contributed by atoms with E-state index in [1.54, 1.807) is 18.3 Å². The summed E-state index contributed by atoms with van der Waals surface area (Å²) in [5, 5.41) is 4.91. The number of nitrogens with zero attached hydrogens (tertiary/aromatic N) is 2. The zero-order valence-corrected chi connectivity index (χ0v) is 12.8. The van der Waals surface area contributed by atoms with Crippen LogP contribution in [0.2, 0.25) is 0 Å². The first kappa shape index (κ1) is 15.7. The van der Waals surface area contributed by atoms with Crippen LogP contribution in [0.5, 0.6) is 0 Å². The first-order chi connectivity index (χ1) is 11.5. The number of aryl methyl sites for hydroxylation is 1. The Balaban J connectivity index is 1.67. The van der Waals surface area contributed by atoms with Crippen molar-refractivity contribution in [2.45, 2.75) is 6.92 Å². The molecule has 0 aliphatic carbocycles. The van der Waals surface area contributed by atoms with E-state index in [1.807, 2.05) is 29.8 Å². The van der Waals surface area contributed by atoms with E-state index in [0.29, 0.717) is 11.8 Å². The van der Waals surface area contributed by atoms with Gasteiger partial charge in [0.15, 0.2) is 0 Å². The van der Waals surface area contributed by atoms with Gasteiger partial charge in [-0.2, -0.15) is 0 Å². The summed E-state index contributed by atoms with van der Waals surface area (Å²) in [6, 6.07) is 9.40. The number of rotatable bonds is 3. The number of benzene rings is 2. The molecule has 3 rings (SSSR count). The lowest BCUT2D eigenvalue weighted by Gasteiger charge is -2.10. The van der Waals surface area contributed by atoms with Crippen LogP contribution in [0.4, 0.5) is 25.0 Å². The van der Waals surface area contributed by atoms with Crippen molar-refractivity contribution in [3.05, 3.63) is 72.3 Å². The van der Waals surface area contributed by atoms with Gasteiger partial charge in [-0.3, -0.25) is 0 Å². The molecule has 0 saturated heterocycles. The van der Waals surface area contributed by atoms with Gasteiger partial charge in [0.25, 0.3) is 0 Å². The van der Waals surface area contributed by atoms with Crippen LogP contribution >= 0.6 is 0 Å². The van der Waals surface area contributed by atoms with Crippen LogP contribution in [0.1, 0.15) is 5.82 Å². The van der Waals surface area contributed by atoms with Gasteiger partial charge in [-0.15, -0.1) is 0 Å². The van der Waals surface area contributed by atoms with Crippen LogP contribution in [0, 0.1) is 18.6 Å². The second-order valence-corrected chi connectivity index (χ2v) is 5.09. The molecule has 0 spiro atoms. The first-order valence-electron chi connectivity index (χ1n) is 7.16. The normalized spacial score (nSPS) is 10.5. The van der Waals surface area contributed by atoms with Gasteiger partial charge in [-0.05, 0) is 43.3 Å². The van der Waals surface area contributed by atoms with E-state index >= 15 is 0 Å². The molecular weight excluding hydrogens is 314 g/mol. The topological polar surface area (TPSA) is 59.0 Å². The lowest BCUT2D eigenvalue weighted by molar-refractivity contribution is 0.262. The highest BCUT2D eigenvalue weighted by Crippen LogP contribution is 2.17.